The Balaban J connectivity index is 1.22. The van der Waals surface area contributed by atoms with Crippen molar-refractivity contribution in [2.75, 3.05) is 31.1 Å². The van der Waals surface area contributed by atoms with Gasteiger partial charge in [-0.3, -0.25) is 9.59 Å². The summed E-state index contributed by atoms with van der Waals surface area (Å²) < 4.78 is 7.23. The molecule has 2 N–H and O–H groups in total. The Kier molecular flexibility index (Phi) is 10.5. The van der Waals surface area contributed by atoms with E-state index in [1.807, 2.05) is 60.4 Å². The van der Waals surface area contributed by atoms with Crippen molar-refractivity contribution in [1.82, 2.24) is 40.3 Å². The molecule has 13 heteroatoms. The van der Waals surface area contributed by atoms with Crippen molar-refractivity contribution in [3.05, 3.63) is 95.1 Å². The summed E-state index contributed by atoms with van der Waals surface area (Å²) >= 11 is 0. The van der Waals surface area contributed by atoms with E-state index in [9.17, 15) is 14.4 Å². The van der Waals surface area contributed by atoms with Crippen LogP contribution in [0, 0.1) is 6.92 Å². The number of ether oxygens (including phenoxy) is 1. The van der Waals surface area contributed by atoms with Crippen LogP contribution in [0.5, 0.6) is 0 Å². The maximum atomic E-state index is 13.9. The molecule has 0 saturated carbocycles. The summed E-state index contributed by atoms with van der Waals surface area (Å²) in [6.07, 6.45) is 1.91. The molecule has 52 heavy (non-hydrogen) atoms. The van der Waals surface area contributed by atoms with Gasteiger partial charge < -0.3 is 29.6 Å². The van der Waals surface area contributed by atoms with Crippen LogP contribution in [0.3, 0.4) is 0 Å². The summed E-state index contributed by atoms with van der Waals surface area (Å²) in [4.78, 5) is 43.6. The number of pyridine rings is 1. The first kappa shape index (κ1) is 36.0. The molecule has 3 aromatic heterocycles. The fourth-order valence-electron chi connectivity index (χ4n) is 6.40. The normalized spacial score (nSPS) is 12.6. The summed E-state index contributed by atoms with van der Waals surface area (Å²) in [5.41, 5.74) is 6.92. The molecule has 0 unspecified atom stereocenters. The number of amides is 3. The van der Waals surface area contributed by atoms with Gasteiger partial charge in [-0.2, -0.15) is 0 Å². The van der Waals surface area contributed by atoms with E-state index in [1.54, 1.807) is 19.2 Å². The summed E-state index contributed by atoms with van der Waals surface area (Å²) in [6.45, 7) is 14.8. The zero-order valence-corrected chi connectivity index (χ0v) is 30.6. The predicted molar refractivity (Wildman–Crippen MR) is 199 cm³/mol. The Hall–Kier alpha value is -5.85. The second-order valence-electron chi connectivity index (χ2n) is 13.8. The lowest BCUT2D eigenvalue weighted by Gasteiger charge is -2.21. The van der Waals surface area contributed by atoms with Crippen molar-refractivity contribution in [1.29, 1.82) is 0 Å². The summed E-state index contributed by atoms with van der Waals surface area (Å²) in [6, 6.07) is 19.6. The average molecular weight is 704 g/mol. The van der Waals surface area contributed by atoms with Crippen molar-refractivity contribution < 1.29 is 19.1 Å². The molecular weight excluding hydrogens is 658 g/mol. The molecular formula is C39H45N9O4. The molecule has 0 radical (unpaired) electrons. The first-order valence-corrected chi connectivity index (χ1v) is 17.7. The van der Waals surface area contributed by atoms with Gasteiger partial charge in [-0.25, -0.2) is 4.79 Å². The summed E-state index contributed by atoms with van der Waals surface area (Å²) in [7, 11) is 0. The number of benzene rings is 2. The van der Waals surface area contributed by atoms with Gasteiger partial charge in [-0.15, -0.1) is 20.4 Å². The number of aromatic nitrogens is 5. The molecule has 0 spiro atoms. The van der Waals surface area contributed by atoms with Crippen LogP contribution in [0.4, 0.5) is 10.5 Å². The van der Waals surface area contributed by atoms with Crippen LogP contribution in [-0.4, -0.2) is 79.4 Å². The molecule has 0 bridgehead atoms. The number of hydrogen-bond acceptors (Lipinski definition) is 9. The third-order valence-electron chi connectivity index (χ3n) is 8.94. The van der Waals surface area contributed by atoms with Crippen LogP contribution in [0.15, 0.2) is 66.9 Å². The number of nitrogens with one attached hydrogen (secondary N) is 2. The predicted octanol–water partition coefficient (Wildman–Crippen LogP) is 5.81. The first-order valence-electron chi connectivity index (χ1n) is 17.7. The van der Waals surface area contributed by atoms with E-state index in [0.29, 0.717) is 55.5 Å². The zero-order chi connectivity index (χ0) is 37.0. The fraction of sp³-hybridized carbons (Fsp3) is 0.359. The monoisotopic (exact) mass is 703 g/mol. The summed E-state index contributed by atoms with van der Waals surface area (Å²) in [5.74, 6) is 0.623. The number of carbonyl (C=O) groups excluding carboxylic acids is 3. The number of anilines is 1. The van der Waals surface area contributed by atoms with Gasteiger partial charge in [0.05, 0.1) is 5.52 Å². The maximum Gasteiger partial charge on any atom is 0.407 e. The van der Waals surface area contributed by atoms with Gasteiger partial charge in [-0.05, 0) is 83.4 Å². The van der Waals surface area contributed by atoms with Crippen molar-refractivity contribution in [2.45, 2.75) is 66.7 Å². The zero-order valence-electron chi connectivity index (χ0n) is 30.6. The molecule has 3 amide bonds. The SMILES string of the molecule is CCN(CC)c1ccc(-c2c3c(n4ccc(C(=O)NCc5ccc(-c6nnc(C)nn6)cc5)cc24)C(=O)N(CCCNC(=O)OC(C)(C)C)C3)cc1. The smallest absolute Gasteiger partial charge is 0.407 e. The van der Waals surface area contributed by atoms with E-state index in [0.717, 1.165) is 52.1 Å². The van der Waals surface area contributed by atoms with Crippen molar-refractivity contribution in [3.63, 3.8) is 0 Å². The Labute approximate surface area is 303 Å². The van der Waals surface area contributed by atoms with Gasteiger partial charge in [0.1, 0.15) is 11.3 Å². The average Bonchev–Trinajstić information content (AvgIpc) is 3.62. The lowest BCUT2D eigenvalue weighted by atomic mass is 10.0. The molecule has 6 rings (SSSR count). The van der Waals surface area contributed by atoms with Crippen molar-refractivity contribution >= 4 is 29.1 Å². The van der Waals surface area contributed by atoms with Gasteiger partial charge in [-0.1, -0.05) is 36.4 Å². The van der Waals surface area contributed by atoms with Gasteiger partial charge in [0.2, 0.25) is 5.82 Å². The second-order valence-corrected chi connectivity index (χ2v) is 13.8. The highest BCUT2D eigenvalue weighted by Gasteiger charge is 2.35. The second kappa shape index (κ2) is 15.2. The molecule has 13 nitrogen and oxygen atoms in total. The Morgan fingerprint density at radius 1 is 0.904 bits per heavy atom. The Bertz CT molecular complexity index is 2070. The molecule has 270 valence electrons. The lowest BCUT2D eigenvalue weighted by Crippen LogP contribution is -2.34. The third kappa shape index (κ3) is 7.88. The van der Waals surface area contributed by atoms with Crippen LogP contribution in [-0.2, 0) is 17.8 Å². The minimum atomic E-state index is -0.581. The maximum absolute atomic E-state index is 13.9. The molecule has 0 atom stereocenters. The minimum absolute atomic E-state index is 0.0865. The molecule has 0 saturated heterocycles. The molecule has 0 aliphatic carbocycles. The number of rotatable bonds is 12. The highest BCUT2D eigenvalue weighted by atomic mass is 16.6. The molecule has 2 aromatic carbocycles. The number of hydrogen-bond donors (Lipinski definition) is 2. The van der Waals surface area contributed by atoms with Gasteiger partial charge >= 0.3 is 6.09 Å². The van der Waals surface area contributed by atoms with E-state index in [4.69, 9.17) is 4.74 Å². The number of nitrogens with zero attached hydrogens (tertiary/aromatic N) is 7. The Morgan fingerprint density at radius 3 is 2.23 bits per heavy atom. The van der Waals surface area contributed by atoms with Crippen LogP contribution in [0.2, 0.25) is 0 Å². The van der Waals surface area contributed by atoms with Gasteiger partial charge in [0.25, 0.3) is 11.8 Å². The number of carbonyl (C=O) groups is 3. The van der Waals surface area contributed by atoms with Crippen molar-refractivity contribution in [3.8, 4) is 22.5 Å². The van der Waals surface area contributed by atoms with Gasteiger partial charge in [0, 0.05) is 73.4 Å². The number of aryl methyl sites for hydroxylation is 1. The highest BCUT2D eigenvalue weighted by molar-refractivity contribution is 6.05. The quantitative estimate of drug-likeness (QED) is 0.154. The van der Waals surface area contributed by atoms with E-state index in [-0.39, 0.29) is 11.8 Å². The van der Waals surface area contributed by atoms with Crippen molar-refractivity contribution in [2.24, 2.45) is 0 Å². The lowest BCUT2D eigenvalue weighted by molar-refractivity contribution is 0.0525. The Morgan fingerprint density at radius 2 is 1.58 bits per heavy atom. The number of alkyl carbamates (subject to hydrolysis) is 1. The summed E-state index contributed by atoms with van der Waals surface area (Å²) in [5, 5.41) is 21.9. The van der Waals surface area contributed by atoms with Crippen LogP contribution < -0.4 is 15.5 Å². The fourth-order valence-corrected chi connectivity index (χ4v) is 6.40. The molecule has 1 aliphatic rings. The largest absolute Gasteiger partial charge is 0.444 e. The molecule has 4 heterocycles. The van der Waals surface area contributed by atoms with Crippen LogP contribution in [0.1, 0.15) is 78.8 Å². The topological polar surface area (TPSA) is 147 Å². The van der Waals surface area contributed by atoms with E-state index < -0.39 is 11.7 Å². The standard InChI is InChI=1S/C39H45N9O4/c1-7-46(8-2)30-16-14-27(15-17-30)33-31-24-47(20-9-19-40-38(51)52-39(4,5)6)37(50)34(31)48-21-18-29(22-32(33)48)36(49)41-23-26-10-12-28(13-11-26)35-44-42-25(3)43-45-35/h10-18,21-22H,7-9,19-20,23-24H2,1-6H3,(H,40,51)(H,41,49). The minimum Gasteiger partial charge on any atom is -0.444 e. The molecule has 0 fully saturated rings. The third-order valence-corrected chi connectivity index (χ3v) is 8.94. The molecule has 1 aliphatic heterocycles. The van der Waals surface area contributed by atoms with Gasteiger partial charge in [0.15, 0.2) is 5.82 Å². The first-order chi connectivity index (χ1) is 25.0. The van der Waals surface area contributed by atoms with E-state index >= 15 is 0 Å². The van der Waals surface area contributed by atoms with E-state index in [1.165, 1.54) is 0 Å². The number of fused-ring (bicyclic) bond motifs is 3. The molecule has 5 aromatic rings. The van der Waals surface area contributed by atoms with Crippen LogP contribution >= 0.6 is 0 Å². The van der Waals surface area contributed by atoms with Crippen LogP contribution in [0.25, 0.3) is 28.0 Å². The van der Waals surface area contributed by atoms with E-state index in [2.05, 4.69) is 74.0 Å². The highest BCUT2D eigenvalue weighted by Crippen LogP contribution is 2.39.